The highest BCUT2D eigenvalue weighted by Crippen LogP contribution is 2.35. The van der Waals surface area contributed by atoms with Gasteiger partial charge in [0.25, 0.3) is 9.05 Å². The predicted octanol–water partition coefficient (Wildman–Crippen LogP) is 2.98. The molecule has 0 unspecified atom stereocenters. The van der Waals surface area contributed by atoms with Crippen molar-refractivity contribution in [2.45, 2.75) is 31.6 Å². The zero-order chi connectivity index (χ0) is 13.2. The highest BCUT2D eigenvalue weighted by Gasteiger charge is 2.28. The fourth-order valence-electron chi connectivity index (χ4n) is 1.36. The van der Waals surface area contributed by atoms with Crippen LogP contribution in [0.2, 0.25) is 0 Å². The van der Waals surface area contributed by atoms with Crippen molar-refractivity contribution in [1.29, 1.82) is 0 Å². The van der Waals surface area contributed by atoms with Gasteiger partial charge in [-0.1, -0.05) is 13.8 Å². The maximum atomic E-state index is 11.6. The van der Waals surface area contributed by atoms with Gasteiger partial charge in [-0.25, -0.2) is 13.2 Å². The van der Waals surface area contributed by atoms with Gasteiger partial charge < -0.3 is 4.74 Å². The second-order valence-corrected chi connectivity index (χ2v) is 7.07. The Morgan fingerprint density at radius 2 is 2.12 bits per heavy atom. The summed E-state index contributed by atoms with van der Waals surface area (Å²) >= 11 is 1.20. The van der Waals surface area contributed by atoms with Crippen LogP contribution in [0.1, 0.15) is 41.9 Å². The van der Waals surface area contributed by atoms with Crippen molar-refractivity contribution in [3.05, 3.63) is 15.8 Å². The van der Waals surface area contributed by atoms with E-state index in [1.807, 2.05) is 13.8 Å². The number of carbonyl (C=O) groups excluding carboxylic acids is 1. The number of thiophene rings is 1. The number of carbonyl (C=O) groups is 1. The van der Waals surface area contributed by atoms with E-state index in [0.717, 1.165) is 0 Å². The second kappa shape index (κ2) is 5.37. The highest BCUT2D eigenvalue weighted by molar-refractivity contribution is 8.14. The van der Waals surface area contributed by atoms with Crippen molar-refractivity contribution in [3.63, 3.8) is 0 Å². The number of halogens is 1. The van der Waals surface area contributed by atoms with E-state index in [-0.39, 0.29) is 23.0 Å². The molecule has 7 heteroatoms. The van der Waals surface area contributed by atoms with Gasteiger partial charge in [-0.2, -0.15) is 0 Å². The molecule has 0 aliphatic carbocycles. The monoisotopic (exact) mass is 296 g/mol. The molecule has 0 N–H and O–H groups in total. The molecule has 0 fully saturated rings. The van der Waals surface area contributed by atoms with Gasteiger partial charge in [-0.3, -0.25) is 0 Å². The van der Waals surface area contributed by atoms with Crippen LogP contribution in [0.15, 0.2) is 10.3 Å². The van der Waals surface area contributed by atoms with E-state index in [2.05, 4.69) is 0 Å². The van der Waals surface area contributed by atoms with Crippen LogP contribution in [0.25, 0.3) is 0 Å². The Hall–Kier alpha value is -0.590. The van der Waals surface area contributed by atoms with Crippen LogP contribution in [0, 0.1) is 0 Å². The Morgan fingerprint density at radius 3 is 2.53 bits per heavy atom. The molecule has 1 rings (SSSR count). The minimum absolute atomic E-state index is 0.0216. The minimum atomic E-state index is -3.95. The number of esters is 1. The van der Waals surface area contributed by atoms with Gasteiger partial charge in [0.1, 0.15) is 4.90 Å². The van der Waals surface area contributed by atoms with Gasteiger partial charge in [0, 0.05) is 20.9 Å². The van der Waals surface area contributed by atoms with Crippen LogP contribution >= 0.6 is 22.0 Å². The van der Waals surface area contributed by atoms with E-state index in [1.54, 1.807) is 6.92 Å². The van der Waals surface area contributed by atoms with Crippen LogP contribution in [0.3, 0.4) is 0 Å². The standard InChI is InChI=1S/C10H13ClO4S2/c1-4-15-10(12)7-5-16-8(6(2)3)9(7)17(11,13)14/h5-6H,4H2,1-3H3. The summed E-state index contributed by atoms with van der Waals surface area (Å²) in [6, 6.07) is 0. The SMILES string of the molecule is CCOC(=O)c1csc(C(C)C)c1S(=O)(=O)Cl. The molecule has 0 aromatic carbocycles. The number of hydrogen-bond acceptors (Lipinski definition) is 5. The van der Waals surface area contributed by atoms with Crippen molar-refractivity contribution in [3.8, 4) is 0 Å². The van der Waals surface area contributed by atoms with E-state index in [1.165, 1.54) is 16.7 Å². The molecule has 0 saturated carbocycles. The molecular weight excluding hydrogens is 284 g/mol. The third kappa shape index (κ3) is 3.20. The Morgan fingerprint density at radius 1 is 1.53 bits per heavy atom. The summed E-state index contributed by atoms with van der Waals surface area (Å²) in [5.41, 5.74) is 0.0237. The molecule has 96 valence electrons. The Balaban J connectivity index is 3.39. The summed E-state index contributed by atoms with van der Waals surface area (Å²) in [4.78, 5) is 12.1. The first-order chi connectivity index (χ1) is 7.79. The summed E-state index contributed by atoms with van der Waals surface area (Å²) in [5, 5.41) is 1.47. The van der Waals surface area contributed by atoms with E-state index in [4.69, 9.17) is 15.4 Å². The fourth-order valence-corrected chi connectivity index (χ4v) is 4.37. The largest absolute Gasteiger partial charge is 0.462 e. The molecule has 0 saturated heterocycles. The maximum absolute atomic E-state index is 11.6. The molecule has 4 nitrogen and oxygen atoms in total. The van der Waals surface area contributed by atoms with Gasteiger partial charge in [-0.05, 0) is 12.8 Å². The molecule has 17 heavy (non-hydrogen) atoms. The van der Waals surface area contributed by atoms with Crippen LogP contribution in [-0.4, -0.2) is 21.0 Å². The molecule has 1 heterocycles. The van der Waals surface area contributed by atoms with E-state index < -0.39 is 15.0 Å². The van der Waals surface area contributed by atoms with E-state index >= 15 is 0 Å². The van der Waals surface area contributed by atoms with Crippen molar-refractivity contribution < 1.29 is 17.9 Å². The molecule has 0 atom stereocenters. The number of ether oxygens (including phenoxy) is 1. The number of rotatable bonds is 4. The third-order valence-corrected chi connectivity index (χ3v) is 4.84. The lowest BCUT2D eigenvalue weighted by atomic mass is 10.1. The van der Waals surface area contributed by atoms with Gasteiger partial charge in [0.15, 0.2) is 0 Å². The van der Waals surface area contributed by atoms with Gasteiger partial charge in [0.05, 0.1) is 12.2 Å². The second-order valence-electron chi connectivity index (χ2n) is 3.66. The van der Waals surface area contributed by atoms with Crippen molar-refractivity contribution >= 4 is 37.0 Å². The lowest BCUT2D eigenvalue weighted by Crippen LogP contribution is -2.08. The molecular formula is C10H13ClO4S2. The maximum Gasteiger partial charge on any atom is 0.340 e. The van der Waals surface area contributed by atoms with Gasteiger partial charge >= 0.3 is 5.97 Å². The fraction of sp³-hybridized carbons (Fsp3) is 0.500. The third-order valence-electron chi connectivity index (χ3n) is 2.04. The van der Waals surface area contributed by atoms with E-state index in [9.17, 15) is 13.2 Å². The molecule has 1 aromatic rings. The highest BCUT2D eigenvalue weighted by atomic mass is 35.7. The van der Waals surface area contributed by atoms with Crippen LogP contribution < -0.4 is 0 Å². The molecule has 1 aromatic heterocycles. The smallest absolute Gasteiger partial charge is 0.340 e. The van der Waals surface area contributed by atoms with Crippen molar-refractivity contribution in [2.75, 3.05) is 6.61 Å². The molecule has 0 radical (unpaired) electrons. The van der Waals surface area contributed by atoms with Crippen molar-refractivity contribution in [1.82, 2.24) is 0 Å². The van der Waals surface area contributed by atoms with Crippen LogP contribution in [0.4, 0.5) is 0 Å². The molecule has 0 aliphatic rings. The van der Waals surface area contributed by atoms with E-state index in [0.29, 0.717) is 4.88 Å². The Kier molecular flexibility index (Phi) is 4.57. The number of hydrogen-bond donors (Lipinski definition) is 0. The first-order valence-corrected chi connectivity index (χ1v) is 8.21. The zero-order valence-corrected chi connectivity index (χ0v) is 12.1. The summed E-state index contributed by atoms with van der Waals surface area (Å²) in [6.45, 7) is 5.52. The molecule has 0 spiro atoms. The lowest BCUT2D eigenvalue weighted by molar-refractivity contribution is 0.0522. The first kappa shape index (κ1) is 14.5. The Labute approximate surface area is 109 Å². The van der Waals surface area contributed by atoms with Crippen LogP contribution in [0.5, 0.6) is 0 Å². The minimum Gasteiger partial charge on any atom is -0.462 e. The summed E-state index contributed by atoms with van der Waals surface area (Å²) in [5.74, 6) is -0.679. The predicted molar refractivity (Wildman–Crippen MR) is 67.4 cm³/mol. The zero-order valence-electron chi connectivity index (χ0n) is 9.69. The lowest BCUT2D eigenvalue weighted by Gasteiger charge is -2.06. The summed E-state index contributed by atoms with van der Waals surface area (Å²) in [7, 11) is 1.42. The topological polar surface area (TPSA) is 60.4 Å². The molecule has 0 aliphatic heterocycles. The van der Waals surface area contributed by atoms with Gasteiger partial charge in [0.2, 0.25) is 0 Å². The normalized spacial score (nSPS) is 11.8. The average Bonchev–Trinajstić information content (AvgIpc) is 2.61. The summed E-state index contributed by atoms with van der Waals surface area (Å²) < 4.78 is 27.8. The quantitative estimate of drug-likeness (QED) is 0.633. The van der Waals surface area contributed by atoms with Crippen molar-refractivity contribution in [2.24, 2.45) is 0 Å². The molecule has 0 bridgehead atoms. The Bertz CT molecular complexity index is 516. The average molecular weight is 297 g/mol. The van der Waals surface area contributed by atoms with Gasteiger partial charge in [-0.15, -0.1) is 11.3 Å². The van der Waals surface area contributed by atoms with Crippen LogP contribution in [-0.2, 0) is 13.8 Å². The molecule has 0 amide bonds. The summed E-state index contributed by atoms with van der Waals surface area (Å²) in [6.07, 6.45) is 0. The first-order valence-electron chi connectivity index (χ1n) is 5.02.